The number of carbonyl (C=O) groups is 1. The van der Waals surface area contributed by atoms with Gasteiger partial charge in [-0.25, -0.2) is 4.39 Å². The van der Waals surface area contributed by atoms with Gasteiger partial charge in [-0.2, -0.15) is 0 Å². The molecule has 5 heteroatoms. The molecular weight excluding hydrogens is 231 g/mol. The van der Waals surface area contributed by atoms with Crippen LogP contribution >= 0.6 is 11.6 Å². The summed E-state index contributed by atoms with van der Waals surface area (Å²) >= 11 is 5.70. The normalized spacial score (nSPS) is 12.2. The number of hydrogen-bond acceptors (Lipinski definition) is 2. The number of halogens is 2. The lowest BCUT2D eigenvalue weighted by Gasteiger charge is -2.09. The van der Waals surface area contributed by atoms with Crippen molar-refractivity contribution in [3.63, 3.8) is 0 Å². The summed E-state index contributed by atoms with van der Waals surface area (Å²) in [5.41, 5.74) is 5.49. The molecule has 0 radical (unpaired) electrons. The number of anilines is 1. The summed E-state index contributed by atoms with van der Waals surface area (Å²) in [6.45, 7) is 2.28. The third-order valence-electron chi connectivity index (χ3n) is 2.14. The average Bonchev–Trinajstić information content (AvgIpc) is 2.23. The minimum Gasteiger partial charge on any atom is -0.330 e. The van der Waals surface area contributed by atoms with Gasteiger partial charge in [0.25, 0.3) is 0 Å². The van der Waals surface area contributed by atoms with Crippen molar-refractivity contribution in [1.29, 1.82) is 0 Å². The maximum absolute atomic E-state index is 13.3. The minimum absolute atomic E-state index is 0.0715. The first-order valence-electron chi connectivity index (χ1n) is 4.98. The molecule has 1 aromatic rings. The van der Waals surface area contributed by atoms with E-state index in [9.17, 15) is 9.18 Å². The van der Waals surface area contributed by atoms with Crippen molar-refractivity contribution >= 4 is 23.2 Å². The first-order valence-corrected chi connectivity index (χ1v) is 5.35. The summed E-state index contributed by atoms with van der Waals surface area (Å²) in [5.74, 6) is -0.695. The van der Waals surface area contributed by atoms with Gasteiger partial charge in [0.1, 0.15) is 5.82 Å². The zero-order chi connectivity index (χ0) is 12.1. The Hall–Kier alpha value is -1.13. The number of nitrogens with two attached hydrogens (primary N) is 1. The number of nitrogens with one attached hydrogen (secondary N) is 1. The van der Waals surface area contributed by atoms with Gasteiger partial charge in [-0.05, 0) is 30.7 Å². The Morgan fingerprint density at radius 2 is 2.31 bits per heavy atom. The topological polar surface area (TPSA) is 55.1 Å². The quantitative estimate of drug-likeness (QED) is 0.855. The zero-order valence-corrected chi connectivity index (χ0v) is 9.72. The molecule has 16 heavy (non-hydrogen) atoms. The molecular formula is C11H14ClFN2O. The molecule has 1 amide bonds. The summed E-state index contributed by atoms with van der Waals surface area (Å²) in [6, 6.07) is 4.02. The van der Waals surface area contributed by atoms with Gasteiger partial charge in [0.05, 0.1) is 5.69 Å². The molecule has 3 N–H and O–H groups in total. The molecule has 0 aromatic heterocycles. The van der Waals surface area contributed by atoms with Crippen LogP contribution in [0.15, 0.2) is 18.2 Å². The number of rotatable bonds is 4. The van der Waals surface area contributed by atoms with Crippen LogP contribution in [-0.2, 0) is 4.79 Å². The smallest absolute Gasteiger partial charge is 0.224 e. The van der Waals surface area contributed by atoms with Crippen molar-refractivity contribution in [3.8, 4) is 0 Å². The standard InChI is InChI=1S/C11H14ClFN2O/c1-7(6-14)4-11(16)15-10-5-8(12)2-3-9(10)13/h2-3,5,7H,4,6,14H2,1H3,(H,15,16). The third-order valence-corrected chi connectivity index (χ3v) is 2.37. The fourth-order valence-electron chi connectivity index (χ4n) is 1.19. The van der Waals surface area contributed by atoms with E-state index in [4.69, 9.17) is 17.3 Å². The molecule has 0 saturated carbocycles. The molecule has 1 atom stereocenters. The van der Waals surface area contributed by atoms with Crippen LogP contribution < -0.4 is 11.1 Å². The van der Waals surface area contributed by atoms with Crippen molar-refractivity contribution in [3.05, 3.63) is 29.0 Å². The summed E-state index contributed by atoms with van der Waals surface area (Å²) in [7, 11) is 0. The predicted octanol–water partition coefficient (Wildman–Crippen LogP) is 2.40. The molecule has 88 valence electrons. The number of amides is 1. The molecule has 1 rings (SSSR count). The highest BCUT2D eigenvalue weighted by Crippen LogP contribution is 2.19. The first-order chi connectivity index (χ1) is 7.52. The third kappa shape index (κ3) is 3.79. The summed E-state index contributed by atoms with van der Waals surface area (Å²) in [4.78, 5) is 11.5. The van der Waals surface area contributed by atoms with Gasteiger partial charge in [-0.15, -0.1) is 0 Å². The van der Waals surface area contributed by atoms with Gasteiger partial charge in [0.2, 0.25) is 5.91 Å². The van der Waals surface area contributed by atoms with Crippen LogP contribution in [0.5, 0.6) is 0 Å². The highest BCUT2D eigenvalue weighted by Gasteiger charge is 2.10. The number of benzene rings is 1. The number of carbonyl (C=O) groups excluding carboxylic acids is 1. The Kier molecular flexibility index (Phi) is 4.71. The lowest BCUT2D eigenvalue weighted by atomic mass is 10.1. The molecule has 1 aromatic carbocycles. The van der Waals surface area contributed by atoms with Crippen LogP contribution in [-0.4, -0.2) is 12.5 Å². The van der Waals surface area contributed by atoms with Crippen LogP contribution in [0.3, 0.4) is 0 Å². The van der Waals surface area contributed by atoms with Gasteiger partial charge >= 0.3 is 0 Å². The van der Waals surface area contributed by atoms with Crippen molar-refractivity contribution in [2.45, 2.75) is 13.3 Å². The largest absolute Gasteiger partial charge is 0.330 e. The summed E-state index contributed by atoms with van der Waals surface area (Å²) in [6.07, 6.45) is 0.266. The molecule has 0 aliphatic rings. The monoisotopic (exact) mass is 244 g/mol. The fraction of sp³-hybridized carbons (Fsp3) is 0.364. The lowest BCUT2D eigenvalue weighted by Crippen LogP contribution is -2.20. The fourth-order valence-corrected chi connectivity index (χ4v) is 1.37. The van der Waals surface area contributed by atoms with E-state index >= 15 is 0 Å². The molecule has 0 heterocycles. The van der Waals surface area contributed by atoms with Gasteiger partial charge in [0, 0.05) is 11.4 Å². The van der Waals surface area contributed by atoms with E-state index < -0.39 is 5.82 Å². The predicted molar refractivity (Wildman–Crippen MR) is 62.9 cm³/mol. The van der Waals surface area contributed by atoms with Crippen molar-refractivity contribution < 1.29 is 9.18 Å². The Labute approximate surface area is 98.8 Å². The van der Waals surface area contributed by atoms with Crippen LogP contribution in [0, 0.1) is 11.7 Å². The van der Waals surface area contributed by atoms with E-state index in [0.29, 0.717) is 11.6 Å². The van der Waals surface area contributed by atoms with Crippen LogP contribution in [0.4, 0.5) is 10.1 Å². The van der Waals surface area contributed by atoms with Gasteiger partial charge in [0.15, 0.2) is 0 Å². The maximum Gasteiger partial charge on any atom is 0.224 e. The van der Waals surface area contributed by atoms with Crippen molar-refractivity contribution in [2.75, 3.05) is 11.9 Å². The molecule has 0 saturated heterocycles. The second-order valence-electron chi connectivity index (χ2n) is 3.72. The second-order valence-corrected chi connectivity index (χ2v) is 4.15. The van der Waals surface area contributed by atoms with Crippen LogP contribution in [0.25, 0.3) is 0 Å². The molecule has 0 aliphatic carbocycles. The first kappa shape index (κ1) is 12.9. The molecule has 0 spiro atoms. The average molecular weight is 245 g/mol. The second kappa shape index (κ2) is 5.82. The van der Waals surface area contributed by atoms with E-state index in [0.717, 1.165) is 0 Å². The SMILES string of the molecule is CC(CN)CC(=O)Nc1cc(Cl)ccc1F. The molecule has 1 unspecified atom stereocenters. The zero-order valence-electron chi connectivity index (χ0n) is 8.97. The Bertz CT molecular complexity index is 384. The van der Waals surface area contributed by atoms with Gasteiger partial charge < -0.3 is 11.1 Å². The van der Waals surface area contributed by atoms with Gasteiger partial charge in [-0.1, -0.05) is 18.5 Å². The Balaban J connectivity index is 2.65. The molecule has 3 nitrogen and oxygen atoms in total. The van der Waals surface area contributed by atoms with Crippen LogP contribution in [0.2, 0.25) is 5.02 Å². The highest BCUT2D eigenvalue weighted by molar-refractivity contribution is 6.30. The molecule has 0 bridgehead atoms. The van der Waals surface area contributed by atoms with E-state index in [2.05, 4.69) is 5.32 Å². The Morgan fingerprint density at radius 3 is 2.94 bits per heavy atom. The molecule has 0 fully saturated rings. The van der Waals surface area contributed by atoms with Gasteiger partial charge in [-0.3, -0.25) is 4.79 Å². The number of hydrogen-bond donors (Lipinski definition) is 2. The lowest BCUT2D eigenvalue weighted by molar-refractivity contribution is -0.116. The van der Waals surface area contributed by atoms with Crippen LogP contribution in [0.1, 0.15) is 13.3 Å². The van der Waals surface area contributed by atoms with E-state index in [1.165, 1.54) is 18.2 Å². The minimum atomic E-state index is -0.502. The highest BCUT2D eigenvalue weighted by atomic mass is 35.5. The summed E-state index contributed by atoms with van der Waals surface area (Å²) < 4.78 is 13.3. The Morgan fingerprint density at radius 1 is 1.62 bits per heavy atom. The summed E-state index contributed by atoms with van der Waals surface area (Å²) in [5, 5.41) is 2.84. The van der Waals surface area contributed by atoms with E-state index in [1.807, 2.05) is 6.92 Å². The molecule has 0 aliphatic heterocycles. The van der Waals surface area contributed by atoms with E-state index in [1.54, 1.807) is 0 Å². The van der Waals surface area contributed by atoms with Crippen molar-refractivity contribution in [1.82, 2.24) is 0 Å². The van der Waals surface area contributed by atoms with E-state index in [-0.39, 0.29) is 23.9 Å². The maximum atomic E-state index is 13.3. The van der Waals surface area contributed by atoms with Crippen molar-refractivity contribution in [2.24, 2.45) is 11.7 Å².